The lowest BCUT2D eigenvalue weighted by Gasteiger charge is -2.02. The first-order valence-corrected chi connectivity index (χ1v) is 2.85. The van der Waals surface area contributed by atoms with Gasteiger partial charge in [-0.1, -0.05) is 0 Å². The first-order valence-electron chi connectivity index (χ1n) is 2.85. The van der Waals surface area contributed by atoms with Crippen LogP contribution in [0, 0.1) is 11.6 Å². The molecule has 0 aliphatic rings. The fourth-order valence-corrected chi connectivity index (χ4v) is 0.573. The number of halogens is 4. The summed E-state index contributed by atoms with van der Waals surface area (Å²) in [6.07, 6.45) is 0.584. The van der Waals surface area contributed by atoms with Crippen molar-refractivity contribution in [2.24, 2.45) is 0 Å². The topological polar surface area (TPSA) is 22.1 Å². The van der Waals surface area contributed by atoms with Crippen molar-refractivity contribution in [1.82, 2.24) is 4.98 Å². The number of hydrogen-bond acceptors (Lipinski definition) is 2. The minimum Gasteiger partial charge on any atom is -0.414 e. The van der Waals surface area contributed by atoms with E-state index in [1.54, 1.807) is 0 Å². The molecule has 0 spiro atoms. The normalized spacial score (nSPS) is 10.4. The van der Waals surface area contributed by atoms with Crippen LogP contribution in [-0.4, -0.2) is 11.6 Å². The van der Waals surface area contributed by atoms with Gasteiger partial charge in [-0.2, -0.15) is 8.78 Å². The van der Waals surface area contributed by atoms with Gasteiger partial charge in [-0.05, 0) is 0 Å². The van der Waals surface area contributed by atoms with Crippen LogP contribution in [-0.2, 0) is 0 Å². The number of alkyl halides is 2. The quantitative estimate of drug-likeness (QED) is 0.650. The van der Waals surface area contributed by atoms with E-state index in [9.17, 15) is 17.6 Å². The lowest BCUT2D eigenvalue weighted by molar-refractivity contribution is -0.0554. The Morgan fingerprint density at radius 2 is 2.00 bits per heavy atom. The summed E-state index contributed by atoms with van der Waals surface area (Å²) in [6.45, 7) is -3.17. The molecule has 0 saturated heterocycles. The lowest BCUT2D eigenvalue weighted by Crippen LogP contribution is -2.05. The highest BCUT2D eigenvalue weighted by Crippen LogP contribution is 2.15. The van der Waals surface area contributed by atoms with Crippen LogP contribution in [0.2, 0.25) is 0 Å². The summed E-state index contributed by atoms with van der Waals surface area (Å²) in [5, 5.41) is 0. The van der Waals surface area contributed by atoms with Crippen LogP contribution < -0.4 is 4.74 Å². The molecule has 1 aromatic rings. The second-order valence-corrected chi connectivity index (χ2v) is 1.82. The van der Waals surface area contributed by atoms with Gasteiger partial charge in [0.2, 0.25) is 0 Å². The Morgan fingerprint density at radius 1 is 1.33 bits per heavy atom. The molecule has 0 atom stereocenters. The average Bonchev–Trinajstić information content (AvgIpc) is 1.94. The van der Waals surface area contributed by atoms with Crippen molar-refractivity contribution in [3.8, 4) is 5.88 Å². The maximum atomic E-state index is 12.4. The smallest absolute Gasteiger partial charge is 0.388 e. The fraction of sp³-hybridized carbons (Fsp3) is 0.167. The molecule has 0 aromatic carbocycles. The van der Waals surface area contributed by atoms with E-state index in [-0.39, 0.29) is 0 Å². The Labute approximate surface area is 64.8 Å². The molecule has 0 aliphatic carbocycles. The number of aromatic nitrogens is 1. The van der Waals surface area contributed by atoms with Crippen molar-refractivity contribution in [3.05, 3.63) is 23.9 Å². The number of nitrogens with zero attached hydrogens (tertiary/aromatic N) is 1. The molecule has 0 aliphatic heterocycles. The van der Waals surface area contributed by atoms with Crippen LogP contribution >= 0.6 is 0 Å². The Hall–Kier alpha value is -1.33. The molecule has 0 bridgehead atoms. The number of pyridine rings is 1. The van der Waals surface area contributed by atoms with Gasteiger partial charge in [0, 0.05) is 6.07 Å². The van der Waals surface area contributed by atoms with Crippen LogP contribution in [0.25, 0.3) is 0 Å². The van der Waals surface area contributed by atoms with Crippen molar-refractivity contribution < 1.29 is 22.3 Å². The Balaban J connectivity index is 2.86. The third-order valence-electron chi connectivity index (χ3n) is 0.975. The zero-order chi connectivity index (χ0) is 9.14. The van der Waals surface area contributed by atoms with Crippen LogP contribution in [0.5, 0.6) is 5.88 Å². The zero-order valence-electron chi connectivity index (χ0n) is 5.60. The van der Waals surface area contributed by atoms with E-state index in [0.29, 0.717) is 12.3 Å². The molecule has 0 fully saturated rings. The van der Waals surface area contributed by atoms with Gasteiger partial charge in [0.05, 0.1) is 6.20 Å². The van der Waals surface area contributed by atoms with E-state index in [0.717, 1.165) is 0 Å². The molecule has 12 heavy (non-hydrogen) atoms. The third-order valence-corrected chi connectivity index (χ3v) is 0.975. The molecule has 1 heterocycles. The highest BCUT2D eigenvalue weighted by Gasteiger charge is 2.11. The van der Waals surface area contributed by atoms with E-state index in [2.05, 4.69) is 9.72 Å². The summed E-state index contributed by atoms with van der Waals surface area (Å²) in [6, 6.07) is 0.407. The molecule has 66 valence electrons. The molecule has 0 saturated carbocycles. The molecule has 6 heteroatoms. The van der Waals surface area contributed by atoms with Crippen LogP contribution in [0.1, 0.15) is 0 Å². The largest absolute Gasteiger partial charge is 0.414 e. The van der Waals surface area contributed by atoms with E-state index in [1.807, 2.05) is 0 Å². The minimum absolute atomic E-state index is 0.407. The molecule has 0 N–H and O–H groups in total. The second kappa shape index (κ2) is 3.38. The molecular formula is C6H3F4NO. The van der Waals surface area contributed by atoms with Crippen LogP contribution in [0.3, 0.4) is 0 Å². The van der Waals surface area contributed by atoms with Crippen LogP contribution in [0.15, 0.2) is 12.3 Å². The lowest BCUT2D eigenvalue weighted by atomic mass is 10.4. The summed E-state index contributed by atoms with van der Waals surface area (Å²) in [5.74, 6) is -3.11. The van der Waals surface area contributed by atoms with Gasteiger partial charge in [0.25, 0.3) is 5.88 Å². The Kier molecular flexibility index (Phi) is 2.47. The number of ether oxygens (including phenoxy) is 1. The van der Waals surface area contributed by atoms with Gasteiger partial charge in [-0.3, -0.25) is 0 Å². The highest BCUT2D eigenvalue weighted by molar-refractivity contribution is 5.13. The molecular weight excluding hydrogens is 178 g/mol. The molecule has 1 aromatic heterocycles. The maximum absolute atomic E-state index is 12.4. The monoisotopic (exact) mass is 181 g/mol. The zero-order valence-corrected chi connectivity index (χ0v) is 5.60. The summed E-state index contributed by atoms with van der Waals surface area (Å²) >= 11 is 0. The summed E-state index contributed by atoms with van der Waals surface area (Å²) < 4.78 is 51.2. The minimum atomic E-state index is -3.17. The third kappa shape index (κ3) is 2.08. The second-order valence-electron chi connectivity index (χ2n) is 1.82. The van der Waals surface area contributed by atoms with Gasteiger partial charge < -0.3 is 4.74 Å². The van der Waals surface area contributed by atoms with Crippen LogP contribution in [0.4, 0.5) is 17.6 Å². The average molecular weight is 181 g/mol. The maximum Gasteiger partial charge on any atom is 0.388 e. The first-order chi connectivity index (χ1) is 5.59. The molecule has 0 radical (unpaired) electrons. The van der Waals surface area contributed by atoms with Gasteiger partial charge in [0.1, 0.15) is 5.82 Å². The summed E-state index contributed by atoms with van der Waals surface area (Å²) in [7, 11) is 0. The number of hydrogen-bond donors (Lipinski definition) is 0. The van der Waals surface area contributed by atoms with Crippen molar-refractivity contribution >= 4 is 0 Å². The standard InChI is InChI=1S/C6H3F4NO/c7-3-1-4(8)5(11-2-3)12-6(9)10/h1-2,6H. The van der Waals surface area contributed by atoms with Crippen molar-refractivity contribution in [2.45, 2.75) is 6.61 Å². The van der Waals surface area contributed by atoms with Gasteiger partial charge in [-0.25, -0.2) is 13.8 Å². The predicted octanol–water partition coefficient (Wildman–Crippen LogP) is 1.96. The van der Waals surface area contributed by atoms with Gasteiger partial charge in [0.15, 0.2) is 5.82 Å². The number of rotatable bonds is 2. The molecule has 0 unspecified atom stereocenters. The predicted molar refractivity (Wildman–Crippen MR) is 30.8 cm³/mol. The van der Waals surface area contributed by atoms with Crippen molar-refractivity contribution in [1.29, 1.82) is 0 Å². The summed E-state index contributed by atoms with van der Waals surface area (Å²) in [4.78, 5) is 2.97. The Morgan fingerprint density at radius 3 is 2.50 bits per heavy atom. The van der Waals surface area contributed by atoms with E-state index in [4.69, 9.17) is 0 Å². The molecule has 1 rings (SSSR count). The molecule has 2 nitrogen and oxygen atoms in total. The van der Waals surface area contributed by atoms with E-state index in [1.165, 1.54) is 0 Å². The summed E-state index contributed by atoms with van der Waals surface area (Å²) in [5.41, 5.74) is 0. The molecule has 0 amide bonds. The first kappa shape index (κ1) is 8.76. The van der Waals surface area contributed by atoms with E-state index < -0.39 is 24.1 Å². The SMILES string of the molecule is Fc1cnc(OC(F)F)c(F)c1. The van der Waals surface area contributed by atoms with Gasteiger partial charge in [-0.15, -0.1) is 0 Å². The van der Waals surface area contributed by atoms with Gasteiger partial charge >= 0.3 is 6.61 Å². The fourth-order valence-electron chi connectivity index (χ4n) is 0.573. The highest BCUT2D eigenvalue weighted by atomic mass is 19.3. The van der Waals surface area contributed by atoms with Crippen molar-refractivity contribution in [3.63, 3.8) is 0 Å². The Bertz CT molecular complexity index is 278. The van der Waals surface area contributed by atoms with E-state index >= 15 is 0 Å². The van der Waals surface area contributed by atoms with Crippen molar-refractivity contribution in [2.75, 3.05) is 0 Å².